The predicted molar refractivity (Wildman–Crippen MR) is 62.7 cm³/mol. The maximum atomic E-state index is 11.6. The summed E-state index contributed by atoms with van der Waals surface area (Å²) in [5.74, 6) is -1.07. The molecule has 0 aromatic carbocycles. The first-order valence-electron chi connectivity index (χ1n) is 6.18. The lowest BCUT2D eigenvalue weighted by atomic mass is 9.79. The molecule has 1 aliphatic rings. The molecule has 0 aromatic heterocycles. The number of aliphatic carboxylic acids is 1. The van der Waals surface area contributed by atoms with E-state index in [1.807, 2.05) is 6.92 Å². The second-order valence-corrected chi connectivity index (χ2v) is 4.60. The zero-order valence-electron chi connectivity index (χ0n) is 10.3. The lowest BCUT2D eigenvalue weighted by molar-refractivity contribution is -0.140. The summed E-state index contributed by atoms with van der Waals surface area (Å²) in [4.78, 5) is 22.5. The number of carbonyl (C=O) groups excluding carboxylic acids is 1. The van der Waals surface area contributed by atoms with Crippen molar-refractivity contribution in [2.45, 2.75) is 51.0 Å². The van der Waals surface area contributed by atoms with E-state index in [2.05, 4.69) is 5.32 Å². The molecule has 0 bridgehead atoms. The van der Waals surface area contributed by atoms with Gasteiger partial charge in [-0.2, -0.15) is 0 Å². The van der Waals surface area contributed by atoms with E-state index >= 15 is 0 Å². The van der Waals surface area contributed by atoms with Crippen molar-refractivity contribution in [1.82, 2.24) is 5.32 Å². The van der Waals surface area contributed by atoms with Crippen molar-refractivity contribution in [3.05, 3.63) is 0 Å². The highest BCUT2D eigenvalue weighted by Gasteiger charge is 2.35. The van der Waals surface area contributed by atoms with Gasteiger partial charge in [0.25, 0.3) is 0 Å². The van der Waals surface area contributed by atoms with E-state index < -0.39 is 11.5 Å². The Bertz CT molecular complexity index is 272. The van der Waals surface area contributed by atoms with Gasteiger partial charge in [-0.1, -0.05) is 19.3 Å². The van der Waals surface area contributed by atoms with Gasteiger partial charge in [-0.15, -0.1) is 0 Å². The third kappa shape index (κ3) is 4.73. The highest BCUT2D eigenvalue weighted by molar-refractivity contribution is 5.79. The van der Waals surface area contributed by atoms with Gasteiger partial charge in [0.2, 0.25) is 5.91 Å². The van der Waals surface area contributed by atoms with Crippen LogP contribution in [0.3, 0.4) is 0 Å². The highest BCUT2D eigenvalue weighted by Crippen LogP contribution is 2.31. The second kappa shape index (κ2) is 6.59. The lowest BCUT2D eigenvalue weighted by Crippen LogP contribution is -2.52. The minimum Gasteiger partial charge on any atom is -0.481 e. The van der Waals surface area contributed by atoms with Crippen LogP contribution < -0.4 is 5.32 Å². The smallest absolute Gasteiger partial charge is 0.305 e. The summed E-state index contributed by atoms with van der Waals surface area (Å²) in [6.07, 6.45) is 4.56. The van der Waals surface area contributed by atoms with Crippen molar-refractivity contribution >= 4 is 11.9 Å². The maximum absolute atomic E-state index is 11.6. The Morgan fingerprint density at radius 2 is 1.94 bits per heavy atom. The average molecular weight is 243 g/mol. The molecule has 1 saturated carbocycles. The SMILES string of the molecule is CCOCC(=O)NC1(CC(=O)O)CCCCC1. The molecule has 0 heterocycles. The van der Waals surface area contributed by atoms with Gasteiger partial charge >= 0.3 is 5.97 Å². The van der Waals surface area contributed by atoms with Gasteiger partial charge in [0, 0.05) is 6.61 Å². The zero-order chi connectivity index (χ0) is 12.7. The van der Waals surface area contributed by atoms with Gasteiger partial charge in [0.05, 0.1) is 12.0 Å². The van der Waals surface area contributed by atoms with E-state index in [4.69, 9.17) is 9.84 Å². The zero-order valence-corrected chi connectivity index (χ0v) is 10.3. The fraction of sp³-hybridized carbons (Fsp3) is 0.833. The first-order valence-corrected chi connectivity index (χ1v) is 6.18. The molecule has 0 spiro atoms. The summed E-state index contributed by atoms with van der Waals surface area (Å²) in [5, 5.41) is 11.8. The number of rotatable bonds is 6. The number of carbonyl (C=O) groups is 2. The molecule has 0 radical (unpaired) electrons. The number of carboxylic acids is 1. The van der Waals surface area contributed by atoms with Crippen LogP contribution in [0.2, 0.25) is 0 Å². The van der Waals surface area contributed by atoms with Crippen LogP contribution in [0.15, 0.2) is 0 Å². The molecule has 0 saturated heterocycles. The van der Waals surface area contributed by atoms with E-state index in [-0.39, 0.29) is 18.9 Å². The number of carboxylic acid groups (broad SMARTS) is 1. The van der Waals surface area contributed by atoms with Crippen LogP contribution in [-0.4, -0.2) is 35.7 Å². The van der Waals surface area contributed by atoms with E-state index in [0.717, 1.165) is 32.1 Å². The molecular weight excluding hydrogens is 222 g/mol. The topological polar surface area (TPSA) is 75.6 Å². The van der Waals surface area contributed by atoms with Crippen molar-refractivity contribution in [3.8, 4) is 0 Å². The normalized spacial score (nSPS) is 18.6. The molecule has 1 rings (SSSR count). The number of amides is 1. The molecule has 98 valence electrons. The molecule has 1 fully saturated rings. The predicted octanol–water partition coefficient (Wildman–Crippen LogP) is 1.32. The molecule has 1 aliphatic carbocycles. The fourth-order valence-corrected chi connectivity index (χ4v) is 2.39. The van der Waals surface area contributed by atoms with E-state index in [1.165, 1.54) is 0 Å². The van der Waals surface area contributed by atoms with Crippen molar-refractivity contribution in [2.75, 3.05) is 13.2 Å². The summed E-state index contributed by atoms with van der Waals surface area (Å²) < 4.78 is 5.03. The molecule has 0 aromatic rings. The standard InChI is InChI=1S/C12H21NO4/c1-2-17-9-10(14)13-12(8-11(15)16)6-4-3-5-7-12/h2-9H2,1H3,(H,13,14)(H,15,16). The van der Waals surface area contributed by atoms with Crippen LogP contribution in [0.4, 0.5) is 0 Å². The molecule has 5 nitrogen and oxygen atoms in total. The van der Waals surface area contributed by atoms with Crippen molar-refractivity contribution in [3.63, 3.8) is 0 Å². The second-order valence-electron chi connectivity index (χ2n) is 4.60. The first kappa shape index (κ1) is 14.0. The van der Waals surface area contributed by atoms with Crippen molar-refractivity contribution < 1.29 is 19.4 Å². The number of ether oxygens (including phenoxy) is 1. The van der Waals surface area contributed by atoms with Crippen LogP contribution in [0.1, 0.15) is 45.4 Å². The third-order valence-electron chi connectivity index (χ3n) is 3.14. The van der Waals surface area contributed by atoms with Crippen LogP contribution in [-0.2, 0) is 14.3 Å². The molecule has 17 heavy (non-hydrogen) atoms. The minimum atomic E-state index is -0.858. The maximum Gasteiger partial charge on any atom is 0.305 e. The van der Waals surface area contributed by atoms with E-state index in [1.54, 1.807) is 0 Å². The monoisotopic (exact) mass is 243 g/mol. The van der Waals surface area contributed by atoms with Crippen LogP contribution in [0.5, 0.6) is 0 Å². The molecule has 0 atom stereocenters. The number of hydrogen-bond donors (Lipinski definition) is 2. The summed E-state index contributed by atoms with van der Waals surface area (Å²) in [6, 6.07) is 0. The Morgan fingerprint density at radius 1 is 1.29 bits per heavy atom. The summed E-state index contributed by atoms with van der Waals surface area (Å²) >= 11 is 0. The number of nitrogens with one attached hydrogen (secondary N) is 1. The molecule has 5 heteroatoms. The quantitative estimate of drug-likeness (QED) is 0.737. The number of hydrogen-bond acceptors (Lipinski definition) is 3. The van der Waals surface area contributed by atoms with Crippen LogP contribution in [0.25, 0.3) is 0 Å². The minimum absolute atomic E-state index is 0.00483. The van der Waals surface area contributed by atoms with Crippen LogP contribution >= 0.6 is 0 Å². The van der Waals surface area contributed by atoms with Crippen LogP contribution in [0, 0.1) is 0 Å². The molecule has 0 aliphatic heterocycles. The summed E-state index contributed by atoms with van der Waals surface area (Å²) in [5.41, 5.74) is -0.557. The van der Waals surface area contributed by atoms with Gasteiger partial charge < -0.3 is 15.2 Å². The summed E-state index contributed by atoms with van der Waals surface area (Å²) in [7, 11) is 0. The molecule has 0 unspecified atom stereocenters. The van der Waals surface area contributed by atoms with Gasteiger partial charge in [0.15, 0.2) is 0 Å². The Hall–Kier alpha value is -1.10. The van der Waals surface area contributed by atoms with Gasteiger partial charge in [0.1, 0.15) is 6.61 Å². The largest absolute Gasteiger partial charge is 0.481 e. The Morgan fingerprint density at radius 3 is 2.47 bits per heavy atom. The van der Waals surface area contributed by atoms with E-state index in [0.29, 0.717) is 6.61 Å². The van der Waals surface area contributed by atoms with Gasteiger partial charge in [-0.05, 0) is 19.8 Å². The third-order valence-corrected chi connectivity index (χ3v) is 3.14. The molecular formula is C12H21NO4. The first-order chi connectivity index (χ1) is 8.08. The summed E-state index contributed by atoms with van der Waals surface area (Å²) in [6.45, 7) is 2.32. The van der Waals surface area contributed by atoms with E-state index in [9.17, 15) is 9.59 Å². The van der Waals surface area contributed by atoms with Gasteiger partial charge in [-0.25, -0.2) is 0 Å². The lowest BCUT2D eigenvalue weighted by Gasteiger charge is -2.37. The Kier molecular flexibility index (Phi) is 5.41. The van der Waals surface area contributed by atoms with Crippen molar-refractivity contribution in [1.29, 1.82) is 0 Å². The Labute approximate surface area is 102 Å². The van der Waals surface area contributed by atoms with Crippen molar-refractivity contribution in [2.24, 2.45) is 0 Å². The highest BCUT2D eigenvalue weighted by atomic mass is 16.5. The molecule has 1 amide bonds. The Balaban J connectivity index is 2.56. The molecule has 2 N–H and O–H groups in total. The average Bonchev–Trinajstić information content (AvgIpc) is 2.26. The van der Waals surface area contributed by atoms with Gasteiger partial charge in [-0.3, -0.25) is 9.59 Å². The fourth-order valence-electron chi connectivity index (χ4n) is 2.39.